The molecule has 0 bridgehead atoms. The molecule has 1 saturated carbocycles. The summed E-state index contributed by atoms with van der Waals surface area (Å²) in [5.41, 5.74) is 1.60. The predicted molar refractivity (Wildman–Crippen MR) is 175 cm³/mol. The van der Waals surface area contributed by atoms with E-state index in [-0.39, 0.29) is 34.7 Å². The maximum absolute atomic E-state index is 14.8. The molecule has 2 aliphatic rings. The largest absolute Gasteiger partial charge is 0.460 e. The van der Waals surface area contributed by atoms with Crippen LogP contribution in [0.5, 0.6) is 0 Å². The van der Waals surface area contributed by atoms with Crippen LogP contribution in [0.1, 0.15) is 108 Å². The molecule has 5 atom stereocenters. The molecule has 0 aromatic heterocycles. The predicted octanol–water partition coefficient (Wildman–Crippen LogP) is 8.96. The molecule has 1 aliphatic heterocycles. The second kappa shape index (κ2) is 12.6. The molecule has 5 nitrogen and oxygen atoms in total. The van der Waals surface area contributed by atoms with E-state index in [1.807, 2.05) is 99.6 Å². The third kappa shape index (κ3) is 6.84. The van der Waals surface area contributed by atoms with Crippen molar-refractivity contribution in [2.24, 2.45) is 17.8 Å². The molecule has 1 aliphatic carbocycles. The maximum atomic E-state index is 14.8. The van der Waals surface area contributed by atoms with Crippen LogP contribution in [0.2, 0.25) is 0 Å². The fourth-order valence-corrected chi connectivity index (χ4v) is 7.71. The summed E-state index contributed by atoms with van der Waals surface area (Å²) < 4.78 is 6.06. The highest BCUT2D eigenvalue weighted by atomic mass is 16.7. The van der Waals surface area contributed by atoms with Gasteiger partial charge in [0.1, 0.15) is 11.7 Å². The van der Waals surface area contributed by atoms with E-state index >= 15 is 0 Å². The van der Waals surface area contributed by atoms with Gasteiger partial charge in [-0.2, -0.15) is 5.06 Å². The number of carbonyl (C=O) groups is 2. The highest BCUT2D eigenvalue weighted by molar-refractivity contribution is 5.99. The Kier molecular flexibility index (Phi) is 9.21. The minimum Gasteiger partial charge on any atom is -0.460 e. The van der Waals surface area contributed by atoms with Gasteiger partial charge in [0.25, 0.3) is 0 Å². The summed E-state index contributed by atoms with van der Waals surface area (Å²) in [5.74, 6) is -1.86. The average Bonchev–Trinajstić information content (AvgIpc) is 3.37. The minimum absolute atomic E-state index is 0.0391. The quantitative estimate of drug-likeness (QED) is 0.192. The van der Waals surface area contributed by atoms with Crippen molar-refractivity contribution in [3.63, 3.8) is 0 Å². The van der Waals surface area contributed by atoms with Crippen LogP contribution in [0, 0.1) is 17.8 Å². The number of piperidine rings is 1. The van der Waals surface area contributed by atoms with E-state index in [0.29, 0.717) is 12.0 Å². The maximum Gasteiger partial charge on any atom is 0.310 e. The summed E-state index contributed by atoms with van der Waals surface area (Å²) in [4.78, 5) is 36.1. The molecule has 0 radical (unpaired) electrons. The number of hydrogen-bond donors (Lipinski definition) is 0. The molecule has 234 valence electrons. The SMILES string of the molecule is CC(C)(C)OC(=O)[C@@H]1C[C@H]([C@@H](ON2C(C)(C)CCCC2(C)C)c2ccccc2)[C@@H](C(=O)c2ccccc2)[C@@H]1c1ccccc1. The number of ketones is 1. The summed E-state index contributed by atoms with van der Waals surface area (Å²) in [6, 6.07) is 29.8. The normalized spacial score (nSPS) is 25.7. The molecule has 3 aromatic carbocycles. The Morgan fingerprint density at radius 3 is 1.86 bits per heavy atom. The number of esters is 1. The Labute approximate surface area is 263 Å². The standard InChI is InChI=1S/C39H49NO4/c1-37(2,3)43-36(42)31-26-30(33(32(31)27-18-11-8-12-19-27)34(41)28-20-13-9-14-21-28)35(29-22-15-10-16-23-29)44-40-38(4,5)24-17-25-39(40,6)7/h8-16,18-23,30-33,35H,17,24-26H2,1-7H3/t30-,31+,32+,33+,35-/m0/s1. The fourth-order valence-electron chi connectivity index (χ4n) is 7.71. The van der Waals surface area contributed by atoms with Crippen molar-refractivity contribution in [2.75, 3.05) is 0 Å². The monoisotopic (exact) mass is 595 g/mol. The van der Waals surface area contributed by atoms with Gasteiger partial charge < -0.3 is 4.74 Å². The number of ether oxygens (including phenoxy) is 1. The number of benzene rings is 3. The molecule has 0 unspecified atom stereocenters. The van der Waals surface area contributed by atoms with Crippen LogP contribution in [0.15, 0.2) is 91.0 Å². The summed E-state index contributed by atoms with van der Waals surface area (Å²) in [6.07, 6.45) is 3.20. The molecule has 5 rings (SSSR count). The zero-order valence-corrected chi connectivity index (χ0v) is 27.5. The topological polar surface area (TPSA) is 55.8 Å². The Morgan fingerprint density at radius 1 is 0.795 bits per heavy atom. The van der Waals surface area contributed by atoms with E-state index in [4.69, 9.17) is 9.57 Å². The van der Waals surface area contributed by atoms with Gasteiger partial charge >= 0.3 is 5.97 Å². The van der Waals surface area contributed by atoms with E-state index in [2.05, 4.69) is 44.9 Å². The number of nitrogens with zero attached hydrogens (tertiary/aromatic N) is 1. The molecule has 0 N–H and O–H groups in total. The summed E-state index contributed by atoms with van der Waals surface area (Å²) >= 11 is 0. The van der Waals surface area contributed by atoms with E-state index < -0.39 is 23.5 Å². The Bertz CT molecular complexity index is 1390. The van der Waals surface area contributed by atoms with Crippen molar-refractivity contribution < 1.29 is 19.2 Å². The third-order valence-electron chi connectivity index (χ3n) is 9.48. The first-order valence-electron chi connectivity index (χ1n) is 16.2. The minimum atomic E-state index is -0.646. The third-order valence-corrected chi connectivity index (χ3v) is 9.48. The zero-order valence-electron chi connectivity index (χ0n) is 27.5. The van der Waals surface area contributed by atoms with Crippen molar-refractivity contribution in [2.45, 2.75) is 103 Å². The summed E-state index contributed by atoms with van der Waals surface area (Å²) in [6.45, 7) is 14.7. The van der Waals surface area contributed by atoms with Gasteiger partial charge in [-0.05, 0) is 85.3 Å². The van der Waals surface area contributed by atoms with Crippen LogP contribution in [0.4, 0.5) is 0 Å². The molecule has 1 saturated heterocycles. The summed E-state index contributed by atoms with van der Waals surface area (Å²) in [7, 11) is 0. The molecule has 5 heteroatoms. The van der Waals surface area contributed by atoms with Gasteiger partial charge in [0.15, 0.2) is 5.78 Å². The van der Waals surface area contributed by atoms with E-state index in [1.165, 1.54) is 0 Å². The number of carbonyl (C=O) groups excluding carboxylic acids is 2. The lowest BCUT2D eigenvalue weighted by Crippen LogP contribution is -2.59. The first kappa shape index (κ1) is 32.1. The van der Waals surface area contributed by atoms with Gasteiger partial charge in [0.2, 0.25) is 0 Å². The van der Waals surface area contributed by atoms with Crippen molar-refractivity contribution in [1.82, 2.24) is 5.06 Å². The van der Waals surface area contributed by atoms with Crippen molar-refractivity contribution in [3.05, 3.63) is 108 Å². The Hall–Kier alpha value is -3.28. The number of hydrogen-bond acceptors (Lipinski definition) is 5. The molecule has 0 amide bonds. The fraction of sp³-hybridized carbons (Fsp3) is 0.487. The molecule has 0 spiro atoms. The van der Waals surface area contributed by atoms with Crippen molar-refractivity contribution >= 4 is 11.8 Å². The molecular weight excluding hydrogens is 546 g/mol. The van der Waals surface area contributed by atoms with Gasteiger partial charge in [-0.1, -0.05) is 91.0 Å². The molecule has 44 heavy (non-hydrogen) atoms. The van der Waals surface area contributed by atoms with Gasteiger partial charge in [0.05, 0.1) is 5.92 Å². The van der Waals surface area contributed by atoms with Crippen LogP contribution in [0.25, 0.3) is 0 Å². The molecule has 1 heterocycles. The van der Waals surface area contributed by atoms with Crippen molar-refractivity contribution in [3.8, 4) is 0 Å². The van der Waals surface area contributed by atoms with E-state index in [9.17, 15) is 9.59 Å². The second-order valence-electron chi connectivity index (χ2n) is 14.9. The van der Waals surface area contributed by atoms with E-state index in [0.717, 1.165) is 30.4 Å². The lowest BCUT2D eigenvalue weighted by atomic mass is 9.75. The smallest absolute Gasteiger partial charge is 0.310 e. The van der Waals surface area contributed by atoms with Crippen LogP contribution >= 0.6 is 0 Å². The van der Waals surface area contributed by atoms with Crippen molar-refractivity contribution in [1.29, 1.82) is 0 Å². The Balaban J connectivity index is 1.68. The van der Waals surface area contributed by atoms with Crippen LogP contribution in [-0.4, -0.2) is 33.5 Å². The molecular formula is C39H49NO4. The zero-order chi connectivity index (χ0) is 31.7. The Morgan fingerprint density at radius 2 is 1.32 bits per heavy atom. The van der Waals surface area contributed by atoms with Gasteiger partial charge in [0, 0.05) is 34.4 Å². The van der Waals surface area contributed by atoms with Crippen LogP contribution < -0.4 is 0 Å². The van der Waals surface area contributed by atoms with Crippen LogP contribution in [-0.2, 0) is 14.4 Å². The first-order valence-corrected chi connectivity index (χ1v) is 16.2. The number of rotatable bonds is 8. The van der Waals surface area contributed by atoms with E-state index in [1.54, 1.807) is 0 Å². The second-order valence-corrected chi connectivity index (χ2v) is 14.9. The van der Waals surface area contributed by atoms with Gasteiger partial charge in [-0.25, -0.2) is 0 Å². The molecule has 2 fully saturated rings. The van der Waals surface area contributed by atoms with Gasteiger partial charge in [-0.15, -0.1) is 0 Å². The highest BCUT2D eigenvalue weighted by Crippen LogP contribution is 2.55. The number of hydroxylamine groups is 2. The first-order chi connectivity index (χ1) is 20.8. The lowest BCUT2D eigenvalue weighted by Gasteiger charge is -2.53. The summed E-state index contributed by atoms with van der Waals surface area (Å²) in [5, 5.41) is 2.20. The number of Topliss-reactive ketones (excluding diaryl/α,β-unsaturated/α-hetero) is 1. The highest BCUT2D eigenvalue weighted by Gasteiger charge is 2.55. The average molecular weight is 596 g/mol. The lowest BCUT2D eigenvalue weighted by molar-refractivity contribution is -0.316. The van der Waals surface area contributed by atoms with Gasteiger partial charge in [-0.3, -0.25) is 14.4 Å². The molecule has 3 aromatic rings. The van der Waals surface area contributed by atoms with Crippen LogP contribution in [0.3, 0.4) is 0 Å².